The van der Waals surface area contributed by atoms with E-state index in [1.807, 2.05) is 0 Å². The number of nitrogens with zero attached hydrogens (tertiary/aromatic N) is 1. The molecule has 0 heterocycles. The fourth-order valence-electron chi connectivity index (χ4n) is 5.39. The van der Waals surface area contributed by atoms with E-state index in [9.17, 15) is 0 Å². The standard InChI is InChI=1S/C36H71N/c1-6-9-11-13-15-17-19-21-23-25-27-29-35(4)31-33-37(8-3)34-32-36(5)30-28-26-24-22-20-18-16-14-12-10-7-2/h4-34H2,1-3H3. The van der Waals surface area contributed by atoms with E-state index in [0.29, 0.717) is 0 Å². The normalized spacial score (nSPS) is 11.5. The third kappa shape index (κ3) is 28.3. The lowest BCUT2D eigenvalue weighted by molar-refractivity contribution is 0.293. The molecule has 0 fully saturated rings. The molecular formula is C36H71N. The molecule has 0 N–H and O–H groups in total. The Morgan fingerprint density at radius 3 is 0.919 bits per heavy atom. The number of unbranched alkanes of at least 4 members (excludes halogenated alkanes) is 20. The van der Waals surface area contributed by atoms with Crippen LogP contribution in [0.15, 0.2) is 24.3 Å². The number of rotatable bonds is 31. The Morgan fingerprint density at radius 1 is 0.378 bits per heavy atom. The molecule has 37 heavy (non-hydrogen) atoms. The molecule has 0 saturated heterocycles. The highest BCUT2D eigenvalue weighted by Gasteiger charge is 2.05. The molecule has 0 rings (SSSR count). The van der Waals surface area contributed by atoms with Crippen LogP contribution in [0.5, 0.6) is 0 Å². The smallest absolute Gasteiger partial charge is 0.00185 e. The SMILES string of the molecule is C=C(CCCCCCCCCCCCC)CCN(CC)CCC(=C)CCCCCCCCCCCCC. The molecule has 0 bridgehead atoms. The van der Waals surface area contributed by atoms with Crippen molar-refractivity contribution < 1.29 is 0 Å². The summed E-state index contributed by atoms with van der Waals surface area (Å²) in [6.07, 6.45) is 36.1. The van der Waals surface area contributed by atoms with E-state index in [1.165, 1.54) is 191 Å². The van der Waals surface area contributed by atoms with Crippen LogP contribution < -0.4 is 0 Å². The summed E-state index contributed by atoms with van der Waals surface area (Å²) < 4.78 is 0. The van der Waals surface area contributed by atoms with Gasteiger partial charge in [0.25, 0.3) is 0 Å². The van der Waals surface area contributed by atoms with E-state index in [2.05, 4.69) is 38.8 Å². The molecule has 0 atom stereocenters. The summed E-state index contributed by atoms with van der Waals surface area (Å²) in [5.41, 5.74) is 2.93. The lowest BCUT2D eigenvalue weighted by atomic mass is 10.0. The third-order valence-corrected chi connectivity index (χ3v) is 8.28. The van der Waals surface area contributed by atoms with Crippen molar-refractivity contribution in [2.45, 2.75) is 188 Å². The second-order valence-electron chi connectivity index (χ2n) is 12.0. The van der Waals surface area contributed by atoms with Crippen LogP contribution in [0.1, 0.15) is 188 Å². The van der Waals surface area contributed by atoms with E-state index in [0.717, 1.165) is 6.54 Å². The molecule has 0 aliphatic rings. The van der Waals surface area contributed by atoms with Crippen molar-refractivity contribution in [1.82, 2.24) is 4.90 Å². The molecule has 0 unspecified atom stereocenters. The fraction of sp³-hybridized carbons (Fsp3) is 0.889. The first kappa shape index (κ1) is 36.4. The Bertz CT molecular complexity index is 437. The maximum atomic E-state index is 4.39. The van der Waals surface area contributed by atoms with Gasteiger partial charge in [0.1, 0.15) is 0 Å². The molecule has 0 amide bonds. The summed E-state index contributed by atoms with van der Waals surface area (Å²) in [6.45, 7) is 19.2. The van der Waals surface area contributed by atoms with E-state index in [-0.39, 0.29) is 0 Å². The molecule has 220 valence electrons. The van der Waals surface area contributed by atoms with Gasteiger partial charge >= 0.3 is 0 Å². The molecule has 0 spiro atoms. The fourth-order valence-corrected chi connectivity index (χ4v) is 5.39. The van der Waals surface area contributed by atoms with Gasteiger partial charge in [-0.2, -0.15) is 0 Å². The highest BCUT2D eigenvalue weighted by atomic mass is 15.1. The van der Waals surface area contributed by atoms with Gasteiger partial charge in [0.05, 0.1) is 0 Å². The van der Waals surface area contributed by atoms with Crippen LogP contribution in [-0.2, 0) is 0 Å². The van der Waals surface area contributed by atoms with Crippen LogP contribution >= 0.6 is 0 Å². The zero-order valence-corrected chi connectivity index (χ0v) is 26.4. The number of hydrogen-bond donors (Lipinski definition) is 0. The summed E-state index contributed by atoms with van der Waals surface area (Å²) in [7, 11) is 0. The first-order valence-electron chi connectivity index (χ1n) is 17.2. The second kappa shape index (κ2) is 30.0. The van der Waals surface area contributed by atoms with Gasteiger partial charge in [-0.3, -0.25) is 0 Å². The van der Waals surface area contributed by atoms with E-state index >= 15 is 0 Å². The monoisotopic (exact) mass is 518 g/mol. The molecule has 0 aliphatic carbocycles. The van der Waals surface area contributed by atoms with E-state index < -0.39 is 0 Å². The minimum atomic E-state index is 1.15. The minimum absolute atomic E-state index is 1.15. The molecular weight excluding hydrogens is 446 g/mol. The van der Waals surface area contributed by atoms with Crippen molar-refractivity contribution in [3.63, 3.8) is 0 Å². The van der Waals surface area contributed by atoms with E-state index in [4.69, 9.17) is 0 Å². The molecule has 0 aromatic carbocycles. The summed E-state index contributed by atoms with van der Waals surface area (Å²) in [6, 6.07) is 0. The topological polar surface area (TPSA) is 3.24 Å². The van der Waals surface area contributed by atoms with Crippen molar-refractivity contribution in [1.29, 1.82) is 0 Å². The Kier molecular flexibility index (Phi) is 29.5. The zero-order chi connectivity index (χ0) is 27.2. The Labute approximate surface area is 236 Å². The average Bonchev–Trinajstić information content (AvgIpc) is 2.90. The molecule has 0 radical (unpaired) electrons. The average molecular weight is 518 g/mol. The highest BCUT2D eigenvalue weighted by molar-refractivity contribution is 4.96. The summed E-state index contributed by atoms with van der Waals surface area (Å²) in [5, 5.41) is 0. The Balaban J connectivity index is 3.55. The lowest BCUT2D eigenvalue weighted by Gasteiger charge is -2.21. The highest BCUT2D eigenvalue weighted by Crippen LogP contribution is 2.17. The van der Waals surface area contributed by atoms with Crippen molar-refractivity contribution in [3.8, 4) is 0 Å². The van der Waals surface area contributed by atoms with Crippen LogP contribution in [0, 0.1) is 0 Å². The van der Waals surface area contributed by atoms with Gasteiger partial charge in [0.15, 0.2) is 0 Å². The van der Waals surface area contributed by atoms with Crippen molar-refractivity contribution in [2.75, 3.05) is 19.6 Å². The van der Waals surface area contributed by atoms with Gasteiger partial charge in [-0.1, -0.05) is 173 Å². The predicted octanol–water partition coefficient (Wildman–Crippen LogP) is 12.6. The zero-order valence-electron chi connectivity index (χ0n) is 26.4. The van der Waals surface area contributed by atoms with Gasteiger partial charge in [-0.05, 0) is 45.1 Å². The molecule has 0 aliphatic heterocycles. The van der Waals surface area contributed by atoms with E-state index in [1.54, 1.807) is 0 Å². The van der Waals surface area contributed by atoms with Crippen molar-refractivity contribution >= 4 is 0 Å². The van der Waals surface area contributed by atoms with Crippen LogP contribution in [0.2, 0.25) is 0 Å². The van der Waals surface area contributed by atoms with Crippen molar-refractivity contribution in [3.05, 3.63) is 24.3 Å². The Morgan fingerprint density at radius 2 is 0.649 bits per heavy atom. The lowest BCUT2D eigenvalue weighted by Crippen LogP contribution is -2.26. The first-order valence-corrected chi connectivity index (χ1v) is 17.2. The van der Waals surface area contributed by atoms with Gasteiger partial charge in [-0.15, -0.1) is 0 Å². The maximum absolute atomic E-state index is 4.39. The first-order chi connectivity index (χ1) is 18.1. The predicted molar refractivity (Wildman–Crippen MR) is 172 cm³/mol. The largest absolute Gasteiger partial charge is 0.303 e. The molecule has 1 heteroatoms. The Hall–Kier alpha value is -0.560. The maximum Gasteiger partial charge on any atom is 0.00185 e. The molecule has 0 saturated carbocycles. The summed E-state index contributed by atoms with van der Waals surface area (Å²) >= 11 is 0. The van der Waals surface area contributed by atoms with Crippen LogP contribution in [0.25, 0.3) is 0 Å². The van der Waals surface area contributed by atoms with Crippen LogP contribution in [-0.4, -0.2) is 24.5 Å². The quantitative estimate of drug-likeness (QED) is 0.0652. The molecule has 1 nitrogen and oxygen atoms in total. The van der Waals surface area contributed by atoms with Gasteiger partial charge < -0.3 is 4.90 Å². The van der Waals surface area contributed by atoms with Crippen LogP contribution in [0.3, 0.4) is 0 Å². The van der Waals surface area contributed by atoms with Gasteiger partial charge in [0, 0.05) is 13.1 Å². The van der Waals surface area contributed by atoms with Gasteiger partial charge in [-0.25, -0.2) is 0 Å². The number of hydrogen-bond acceptors (Lipinski definition) is 1. The van der Waals surface area contributed by atoms with Gasteiger partial charge in [0.2, 0.25) is 0 Å². The molecule has 0 aromatic heterocycles. The summed E-state index contributed by atoms with van der Waals surface area (Å²) in [4.78, 5) is 2.61. The summed E-state index contributed by atoms with van der Waals surface area (Å²) in [5.74, 6) is 0. The van der Waals surface area contributed by atoms with Crippen LogP contribution in [0.4, 0.5) is 0 Å². The second-order valence-corrected chi connectivity index (χ2v) is 12.0. The minimum Gasteiger partial charge on any atom is -0.303 e. The third-order valence-electron chi connectivity index (χ3n) is 8.28. The molecule has 0 aromatic rings. The van der Waals surface area contributed by atoms with Crippen molar-refractivity contribution in [2.24, 2.45) is 0 Å².